The van der Waals surface area contributed by atoms with E-state index in [0.29, 0.717) is 0 Å². The summed E-state index contributed by atoms with van der Waals surface area (Å²) in [6, 6.07) is 14.8. The van der Waals surface area contributed by atoms with Gasteiger partial charge in [0.1, 0.15) is 5.82 Å². The highest BCUT2D eigenvalue weighted by Crippen LogP contribution is 2.31. The van der Waals surface area contributed by atoms with Crippen molar-refractivity contribution in [2.45, 2.75) is 43.9 Å². The zero-order chi connectivity index (χ0) is 23.6. The second kappa shape index (κ2) is 9.29. The molecule has 0 bridgehead atoms. The van der Waals surface area contributed by atoms with Gasteiger partial charge in [-0.1, -0.05) is 24.3 Å². The minimum Gasteiger partial charge on any atom is -0.377 e. The highest BCUT2D eigenvalue weighted by Gasteiger charge is 2.31. The standard InChI is InChI=1S/C25H27F3N4O/c1-32(2)22-15-23(31-21-9-4-3-8-20(21)22)29-18-10-12-19(13-11-18)30-24(33)16-6-5-7-17(14-16)25(26,27)28/h3-9,14-15,18-19H,10-13H2,1-2H3,(H,29,31)(H,30,33)/t18-,19+. The Balaban J connectivity index is 1.36. The lowest BCUT2D eigenvalue weighted by molar-refractivity contribution is -0.137. The zero-order valence-electron chi connectivity index (χ0n) is 18.6. The van der Waals surface area contributed by atoms with Crippen LogP contribution in [-0.2, 0) is 6.18 Å². The van der Waals surface area contributed by atoms with E-state index in [2.05, 4.69) is 21.6 Å². The van der Waals surface area contributed by atoms with Crippen LogP contribution in [0.15, 0.2) is 54.6 Å². The fourth-order valence-corrected chi connectivity index (χ4v) is 4.30. The number of rotatable bonds is 5. The first-order chi connectivity index (χ1) is 15.7. The molecule has 0 atom stereocenters. The molecule has 3 aromatic rings. The lowest BCUT2D eigenvalue weighted by atomic mass is 9.91. The molecule has 174 valence electrons. The van der Waals surface area contributed by atoms with Crippen LogP contribution in [0.3, 0.4) is 0 Å². The van der Waals surface area contributed by atoms with E-state index >= 15 is 0 Å². The number of nitrogens with zero attached hydrogens (tertiary/aromatic N) is 2. The molecule has 2 N–H and O–H groups in total. The highest BCUT2D eigenvalue weighted by molar-refractivity contribution is 5.94. The topological polar surface area (TPSA) is 57.3 Å². The van der Waals surface area contributed by atoms with Crippen molar-refractivity contribution in [3.63, 3.8) is 0 Å². The van der Waals surface area contributed by atoms with Crippen molar-refractivity contribution in [1.29, 1.82) is 0 Å². The minimum absolute atomic E-state index is 0.0293. The number of hydrogen-bond donors (Lipinski definition) is 2. The SMILES string of the molecule is CN(C)c1cc(N[C@H]2CC[C@@H](NC(=O)c3cccc(C(F)(F)F)c3)CC2)nc2ccccc12. The summed E-state index contributed by atoms with van der Waals surface area (Å²) in [6.07, 6.45) is -1.31. The third kappa shape index (κ3) is 5.38. The number of aromatic nitrogens is 1. The summed E-state index contributed by atoms with van der Waals surface area (Å²) in [5, 5.41) is 7.50. The fourth-order valence-electron chi connectivity index (χ4n) is 4.30. The number of fused-ring (bicyclic) bond motifs is 1. The number of alkyl halides is 3. The molecule has 8 heteroatoms. The van der Waals surface area contributed by atoms with Crippen LogP contribution in [0.2, 0.25) is 0 Å². The van der Waals surface area contributed by atoms with Gasteiger partial charge in [-0.2, -0.15) is 13.2 Å². The number of pyridine rings is 1. The molecule has 1 aliphatic carbocycles. The maximum Gasteiger partial charge on any atom is 0.416 e. The first-order valence-corrected chi connectivity index (χ1v) is 11.0. The van der Waals surface area contributed by atoms with Crippen molar-refractivity contribution in [3.8, 4) is 0 Å². The number of anilines is 2. The Hall–Kier alpha value is -3.29. The van der Waals surface area contributed by atoms with E-state index in [1.807, 2.05) is 38.4 Å². The molecule has 0 radical (unpaired) electrons. The van der Waals surface area contributed by atoms with Crippen molar-refractivity contribution >= 4 is 28.3 Å². The normalized spacial score (nSPS) is 18.7. The first-order valence-electron chi connectivity index (χ1n) is 11.0. The van der Waals surface area contributed by atoms with E-state index in [-0.39, 0.29) is 17.6 Å². The highest BCUT2D eigenvalue weighted by atomic mass is 19.4. The number of hydrogen-bond acceptors (Lipinski definition) is 4. The van der Waals surface area contributed by atoms with E-state index < -0.39 is 17.6 Å². The number of para-hydroxylation sites is 1. The van der Waals surface area contributed by atoms with E-state index in [1.54, 1.807) is 0 Å². The molecule has 1 saturated carbocycles. The first kappa shape index (κ1) is 22.9. The molecule has 1 aromatic heterocycles. The van der Waals surface area contributed by atoms with Gasteiger partial charge in [-0.25, -0.2) is 4.98 Å². The fraction of sp³-hybridized carbons (Fsp3) is 0.360. The van der Waals surface area contributed by atoms with E-state index in [0.717, 1.165) is 60.2 Å². The minimum atomic E-state index is -4.47. The van der Waals surface area contributed by atoms with Crippen LogP contribution in [0.1, 0.15) is 41.6 Å². The van der Waals surface area contributed by atoms with Crippen molar-refractivity contribution in [1.82, 2.24) is 10.3 Å². The average molecular weight is 457 g/mol. The summed E-state index contributed by atoms with van der Waals surface area (Å²) in [7, 11) is 4.01. The summed E-state index contributed by atoms with van der Waals surface area (Å²) >= 11 is 0. The van der Waals surface area contributed by atoms with Gasteiger partial charge >= 0.3 is 6.18 Å². The van der Waals surface area contributed by atoms with Crippen molar-refractivity contribution in [2.75, 3.05) is 24.3 Å². The van der Waals surface area contributed by atoms with Gasteiger partial charge in [-0.3, -0.25) is 4.79 Å². The Morgan fingerprint density at radius 2 is 1.67 bits per heavy atom. The molecule has 1 amide bonds. The molecule has 5 nitrogen and oxygen atoms in total. The van der Waals surface area contributed by atoms with Crippen LogP contribution in [0.25, 0.3) is 10.9 Å². The van der Waals surface area contributed by atoms with Crippen LogP contribution >= 0.6 is 0 Å². The van der Waals surface area contributed by atoms with Crippen molar-refractivity contribution in [2.24, 2.45) is 0 Å². The summed E-state index contributed by atoms with van der Waals surface area (Å²) in [5.41, 5.74) is 1.23. The Labute approximate surface area is 191 Å². The maximum atomic E-state index is 12.9. The predicted molar refractivity (Wildman–Crippen MR) is 125 cm³/mol. The van der Waals surface area contributed by atoms with Gasteiger partial charge in [0, 0.05) is 48.9 Å². The molecule has 0 unspecified atom stereocenters. The average Bonchev–Trinajstić information content (AvgIpc) is 2.79. The molecular weight excluding hydrogens is 429 g/mol. The molecule has 33 heavy (non-hydrogen) atoms. The molecule has 1 fully saturated rings. The third-order valence-corrected chi connectivity index (χ3v) is 6.04. The zero-order valence-corrected chi connectivity index (χ0v) is 18.6. The van der Waals surface area contributed by atoms with E-state index in [9.17, 15) is 18.0 Å². The summed E-state index contributed by atoms with van der Waals surface area (Å²) < 4.78 is 38.8. The van der Waals surface area contributed by atoms with Crippen molar-refractivity contribution < 1.29 is 18.0 Å². The van der Waals surface area contributed by atoms with Crippen molar-refractivity contribution in [3.05, 3.63) is 65.7 Å². The van der Waals surface area contributed by atoms with Gasteiger partial charge < -0.3 is 15.5 Å². The Bertz CT molecular complexity index is 1140. The molecule has 0 saturated heterocycles. The Kier molecular flexibility index (Phi) is 6.44. The lowest BCUT2D eigenvalue weighted by Gasteiger charge is -2.30. The summed E-state index contributed by atoms with van der Waals surface area (Å²) in [5.74, 6) is 0.346. The largest absolute Gasteiger partial charge is 0.416 e. The van der Waals surface area contributed by atoms with Crippen LogP contribution in [0, 0.1) is 0 Å². The third-order valence-electron chi connectivity index (χ3n) is 6.04. The summed E-state index contributed by atoms with van der Waals surface area (Å²) in [4.78, 5) is 19.3. The van der Waals surface area contributed by atoms with Gasteiger partial charge in [-0.15, -0.1) is 0 Å². The molecule has 1 aliphatic rings. The molecule has 0 aliphatic heterocycles. The van der Waals surface area contributed by atoms with Crippen LogP contribution in [-0.4, -0.2) is 37.1 Å². The lowest BCUT2D eigenvalue weighted by Crippen LogP contribution is -2.40. The summed E-state index contributed by atoms with van der Waals surface area (Å²) in [6.45, 7) is 0. The smallest absolute Gasteiger partial charge is 0.377 e. The molecule has 4 rings (SSSR count). The van der Waals surface area contributed by atoms with Gasteiger partial charge in [0.15, 0.2) is 0 Å². The number of nitrogens with one attached hydrogen (secondary N) is 2. The molecule has 1 heterocycles. The quantitative estimate of drug-likeness (QED) is 0.534. The van der Waals surface area contributed by atoms with Gasteiger partial charge in [0.25, 0.3) is 5.91 Å². The second-order valence-electron chi connectivity index (χ2n) is 8.68. The van der Waals surface area contributed by atoms with Crippen LogP contribution < -0.4 is 15.5 Å². The van der Waals surface area contributed by atoms with E-state index in [1.165, 1.54) is 12.1 Å². The number of amides is 1. The number of halogens is 3. The Morgan fingerprint density at radius 1 is 0.970 bits per heavy atom. The van der Waals surface area contributed by atoms with Crippen LogP contribution in [0.4, 0.5) is 24.7 Å². The molecular formula is C25H27F3N4O. The van der Waals surface area contributed by atoms with Gasteiger partial charge in [0.2, 0.25) is 0 Å². The number of carbonyl (C=O) groups is 1. The van der Waals surface area contributed by atoms with Crippen LogP contribution in [0.5, 0.6) is 0 Å². The van der Waals surface area contributed by atoms with Gasteiger partial charge in [-0.05, 0) is 49.9 Å². The maximum absolute atomic E-state index is 12.9. The number of carbonyl (C=O) groups excluding carboxylic acids is 1. The second-order valence-corrected chi connectivity index (χ2v) is 8.68. The molecule has 2 aromatic carbocycles. The monoisotopic (exact) mass is 456 g/mol. The molecule has 0 spiro atoms. The number of benzene rings is 2. The van der Waals surface area contributed by atoms with E-state index in [4.69, 9.17) is 4.98 Å². The Morgan fingerprint density at radius 3 is 2.36 bits per heavy atom. The predicted octanol–water partition coefficient (Wildman–Crippen LogP) is 5.47. The van der Waals surface area contributed by atoms with Gasteiger partial charge in [0.05, 0.1) is 11.1 Å².